The second kappa shape index (κ2) is 9.24. The molecule has 0 saturated carbocycles. The Labute approximate surface area is 77.2 Å². The molecule has 6 N–H and O–H groups in total. The van der Waals surface area contributed by atoms with E-state index in [1.54, 1.807) is 0 Å². The van der Waals surface area contributed by atoms with Crippen molar-refractivity contribution in [3.8, 4) is 0 Å². The van der Waals surface area contributed by atoms with Gasteiger partial charge in [-0.25, -0.2) is 0 Å². The topological polar surface area (TPSA) is 107 Å². The predicted octanol–water partition coefficient (Wildman–Crippen LogP) is -2.43. The average molecular weight is 199 g/mol. The number of hydrogen-bond acceptors (Lipinski definition) is 6. The van der Waals surface area contributed by atoms with E-state index < -0.39 is 25.4 Å². The Kier molecular flexibility index (Phi) is 11.3. The first kappa shape index (κ1) is 14.7. The van der Waals surface area contributed by atoms with Crippen LogP contribution >= 0.6 is 12.6 Å². The molecule has 12 heavy (non-hydrogen) atoms. The van der Waals surface area contributed by atoms with Crippen molar-refractivity contribution >= 4 is 12.6 Å². The van der Waals surface area contributed by atoms with Crippen LogP contribution in [0, 0.1) is 0 Å². The highest BCUT2D eigenvalue weighted by atomic mass is 32.1. The summed E-state index contributed by atoms with van der Waals surface area (Å²) in [6, 6.07) is 0. The third kappa shape index (κ3) is 8.25. The number of aliphatic hydroxyl groups excluding tert-OH is 4. The maximum absolute atomic E-state index is 8.34. The first-order chi connectivity index (χ1) is 5.60. The Morgan fingerprint density at radius 1 is 1.00 bits per heavy atom. The first-order valence-electron chi connectivity index (χ1n) is 3.43. The van der Waals surface area contributed by atoms with Gasteiger partial charge in [0, 0.05) is 5.75 Å². The largest absolute Gasteiger partial charge is 0.396 e. The summed E-state index contributed by atoms with van der Waals surface area (Å²) in [7, 11) is 0. The van der Waals surface area contributed by atoms with Gasteiger partial charge in [0.15, 0.2) is 0 Å². The highest BCUT2D eigenvalue weighted by molar-refractivity contribution is 7.80. The van der Waals surface area contributed by atoms with Gasteiger partial charge in [-0.05, 0) is 0 Å². The molecule has 5 nitrogen and oxygen atoms in total. The van der Waals surface area contributed by atoms with Crippen molar-refractivity contribution in [2.45, 2.75) is 5.54 Å². The zero-order valence-electron chi connectivity index (χ0n) is 6.85. The lowest BCUT2D eigenvalue weighted by Crippen LogP contribution is -2.50. The predicted molar refractivity (Wildman–Crippen MR) is 49.1 cm³/mol. The molecule has 0 bridgehead atoms. The van der Waals surface area contributed by atoms with Crippen molar-refractivity contribution in [3.63, 3.8) is 0 Å². The molecule has 6 heteroatoms. The molecule has 0 spiro atoms. The van der Waals surface area contributed by atoms with Gasteiger partial charge < -0.3 is 26.2 Å². The molecule has 0 aliphatic heterocycles. The van der Waals surface area contributed by atoms with Gasteiger partial charge in [-0.3, -0.25) is 0 Å². The lowest BCUT2D eigenvalue weighted by Gasteiger charge is -2.20. The average Bonchev–Trinajstić information content (AvgIpc) is 2.17. The van der Waals surface area contributed by atoms with Crippen molar-refractivity contribution in [2.24, 2.45) is 5.73 Å². The van der Waals surface area contributed by atoms with Crippen LogP contribution in [0.3, 0.4) is 0 Å². The van der Waals surface area contributed by atoms with Crippen LogP contribution in [-0.4, -0.2) is 58.1 Å². The highest BCUT2D eigenvalue weighted by Crippen LogP contribution is 1.93. The smallest absolute Gasteiger partial charge is 0.0856 e. The van der Waals surface area contributed by atoms with Crippen molar-refractivity contribution < 1.29 is 20.4 Å². The summed E-state index contributed by atoms with van der Waals surface area (Å²) in [4.78, 5) is 0. The van der Waals surface area contributed by atoms with E-state index in [2.05, 4.69) is 12.6 Å². The molecule has 76 valence electrons. The minimum atomic E-state index is -1.21. The van der Waals surface area contributed by atoms with Gasteiger partial charge in [0.1, 0.15) is 0 Å². The van der Waals surface area contributed by atoms with E-state index in [0.717, 1.165) is 0 Å². The maximum atomic E-state index is 8.34. The van der Waals surface area contributed by atoms with E-state index in [1.807, 2.05) is 0 Å². The zero-order chi connectivity index (χ0) is 10.0. The summed E-state index contributed by atoms with van der Waals surface area (Å²) < 4.78 is 0. The standard InChI is InChI=1S/C4H11NO3.C2H6OS/c5-4(1-6,2-7)3-8;3-1-2-4/h6-8H,1-3,5H2;3-4H,1-2H2. The molecule has 0 aliphatic carbocycles. The molecule has 0 fully saturated rings. The molecule has 0 aromatic carbocycles. The van der Waals surface area contributed by atoms with E-state index in [0.29, 0.717) is 5.75 Å². The van der Waals surface area contributed by atoms with Crippen molar-refractivity contribution in [1.29, 1.82) is 0 Å². The van der Waals surface area contributed by atoms with E-state index >= 15 is 0 Å². The molecule has 0 rings (SSSR count). The fraction of sp³-hybridized carbons (Fsp3) is 1.00. The zero-order valence-corrected chi connectivity index (χ0v) is 7.74. The first-order valence-corrected chi connectivity index (χ1v) is 4.06. The molecule has 0 aromatic rings. The Balaban J connectivity index is 0. The highest BCUT2D eigenvalue weighted by Gasteiger charge is 2.20. The Bertz CT molecular complexity index is 79.4. The molecular formula is C6H17NO4S. The van der Waals surface area contributed by atoms with E-state index in [4.69, 9.17) is 26.2 Å². The van der Waals surface area contributed by atoms with Crippen molar-refractivity contribution in [3.05, 3.63) is 0 Å². The molecule has 0 atom stereocenters. The molecule has 0 amide bonds. The molecule has 0 unspecified atom stereocenters. The van der Waals surface area contributed by atoms with Crippen LogP contribution in [0.4, 0.5) is 0 Å². The third-order valence-electron chi connectivity index (χ3n) is 1.04. The second-order valence-electron chi connectivity index (χ2n) is 2.28. The Morgan fingerprint density at radius 2 is 1.25 bits per heavy atom. The van der Waals surface area contributed by atoms with Crippen molar-refractivity contribution in [1.82, 2.24) is 0 Å². The monoisotopic (exact) mass is 199 g/mol. The van der Waals surface area contributed by atoms with Crippen LogP contribution in [0.5, 0.6) is 0 Å². The van der Waals surface area contributed by atoms with Crippen LogP contribution in [0.2, 0.25) is 0 Å². The van der Waals surface area contributed by atoms with Gasteiger partial charge in [-0.15, -0.1) is 0 Å². The summed E-state index contributed by atoms with van der Waals surface area (Å²) in [5.74, 6) is 0.569. The van der Waals surface area contributed by atoms with Gasteiger partial charge in [-0.1, -0.05) is 0 Å². The van der Waals surface area contributed by atoms with Crippen LogP contribution in [-0.2, 0) is 0 Å². The normalized spacial score (nSPS) is 10.5. The van der Waals surface area contributed by atoms with Gasteiger partial charge in [0.2, 0.25) is 0 Å². The summed E-state index contributed by atoms with van der Waals surface area (Å²) in [5, 5.41) is 32.8. The van der Waals surface area contributed by atoms with Gasteiger partial charge in [-0.2, -0.15) is 12.6 Å². The fourth-order valence-corrected chi connectivity index (χ4v) is 0.150. The number of nitrogens with two attached hydrogens (primary N) is 1. The van der Waals surface area contributed by atoms with Crippen LogP contribution < -0.4 is 5.73 Å². The van der Waals surface area contributed by atoms with Crippen LogP contribution in [0.25, 0.3) is 0 Å². The SMILES string of the molecule is NC(CO)(CO)CO.OCCS. The van der Waals surface area contributed by atoms with Crippen molar-refractivity contribution in [2.75, 3.05) is 32.2 Å². The quantitative estimate of drug-likeness (QED) is 0.282. The Hall–Kier alpha value is 0.150. The molecule has 0 aliphatic rings. The third-order valence-corrected chi connectivity index (χ3v) is 1.24. The van der Waals surface area contributed by atoms with Crippen LogP contribution in [0.15, 0.2) is 0 Å². The lowest BCUT2D eigenvalue weighted by molar-refractivity contribution is 0.0698. The number of hydrogen-bond donors (Lipinski definition) is 6. The second-order valence-corrected chi connectivity index (χ2v) is 2.73. The molecule has 0 heterocycles. The lowest BCUT2D eigenvalue weighted by atomic mass is 10.1. The summed E-state index contributed by atoms with van der Waals surface area (Å²) >= 11 is 3.67. The Morgan fingerprint density at radius 3 is 1.25 bits per heavy atom. The summed E-state index contributed by atoms with van der Waals surface area (Å²) in [6.07, 6.45) is 0. The molecule has 0 aromatic heterocycles. The minimum absolute atomic E-state index is 0.184. The number of aliphatic hydroxyl groups is 4. The fourth-order valence-electron chi connectivity index (χ4n) is 0.150. The van der Waals surface area contributed by atoms with Crippen LogP contribution in [0.1, 0.15) is 0 Å². The van der Waals surface area contributed by atoms with Gasteiger partial charge >= 0.3 is 0 Å². The molecule has 0 radical (unpaired) electrons. The molecule has 0 saturated heterocycles. The number of thiol groups is 1. The van der Waals surface area contributed by atoms with Gasteiger partial charge in [0.05, 0.1) is 32.0 Å². The maximum Gasteiger partial charge on any atom is 0.0856 e. The number of rotatable bonds is 4. The van der Waals surface area contributed by atoms with E-state index in [-0.39, 0.29) is 6.61 Å². The summed E-state index contributed by atoms with van der Waals surface area (Å²) in [5.41, 5.74) is 3.94. The summed E-state index contributed by atoms with van der Waals surface area (Å²) in [6.45, 7) is -1.02. The van der Waals surface area contributed by atoms with Gasteiger partial charge in [0.25, 0.3) is 0 Å². The molecular weight excluding hydrogens is 182 g/mol. The van der Waals surface area contributed by atoms with E-state index in [9.17, 15) is 0 Å². The van der Waals surface area contributed by atoms with E-state index in [1.165, 1.54) is 0 Å². The minimum Gasteiger partial charge on any atom is -0.396 e.